The molecule has 7 heteroatoms. The summed E-state index contributed by atoms with van der Waals surface area (Å²) in [5.41, 5.74) is 0.498. The van der Waals surface area contributed by atoms with Crippen LogP contribution in [0, 0.1) is 5.82 Å². The van der Waals surface area contributed by atoms with Gasteiger partial charge in [-0.3, -0.25) is 9.88 Å². The van der Waals surface area contributed by atoms with Gasteiger partial charge in [-0.25, -0.2) is 9.18 Å². The van der Waals surface area contributed by atoms with Crippen molar-refractivity contribution in [2.75, 3.05) is 13.1 Å². The van der Waals surface area contributed by atoms with Crippen molar-refractivity contribution in [3.63, 3.8) is 0 Å². The van der Waals surface area contributed by atoms with Gasteiger partial charge in [0, 0.05) is 25.8 Å². The van der Waals surface area contributed by atoms with Gasteiger partial charge in [-0.05, 0) is 36.4 Å². The van der Waals surface area contributed by atoms with E-state index in [0.29, 0.717) is 31.1 Å². The molecule has 1 saturated heterocycles. The molecule has 1 aromatic carbocycles. The number of β-amino-alcohol motifs (C(OH)–C–C–N with tert-alkyl or cyclic N) is 1. The Labute approximate surface area is 138 Å². The van der Waals surface area contributed by atoms with Gasteiger partial charge >= 0.3 is 5.97 Å². The minimum Gasteiger partial charge on any atom is -0.486 e. The van der Waals surface area contributed by atoms with Gasteiger partial charge in [0.1, 0.15) is 23.8 Å². The highest BCUT2D eigenvalue weighted by molar-refractivity contribution is 5.87. The van der Waals surface area contributed by atoms with Gasteiger partial charge in [0.25, 0.3) is 0 Å². The van der Waals surface area contributed by atoms with E-state index in [1.807, 2.05) is 4.90 Å². The molecule has 2 atom stereocenters. The number of likely N-dealkylation sites (tertiary alicyclic amines) is 1. The molecule has 24 heavy (non-hydrogen) atoms. The molecule has 0 unspecified atom stereocenters. The second-order valence-electron chi connectivity index (χ2n) is 5.68. The van der Waals surface area contributed by atoms with E-state index in [1.54, 1.807) is 12.1 Å². The van der Waals surface area contributed by atoms with E-state index in [2.05, 4.69) is 4.98 Å². The molecule has 1 aliphatic rings. The van der Waals surface area contributed by atoms with Crippen LogP contribution in [-0.4, -0.2) is 51.4 Å². The second-order valence-corrected chi connectivity index (χ2v) is 5.68. The molecule has 1 fully saturated rings. The second kappa shape index (κ2) is 6.94. The molecule has 2 heterocycles. The van der Waals surface area contributed by atoms with E-state index in [9.17, 15) is 14.3 Å². The first kappa shape index (κ1) is 16.4. The Bertz CT molecular complexity index is 723. The van der Waals surface area contributed by atoms with Crippen molar-refractivity contribution < 1.29 is 24.1 Å². The lowest BCUT2D eigenvalue weighted by Gasteiger charge is -2.17. The molecule has 2 aromatic rings. The first-order valence-corrected chi connectivity index (χ1v) is 7.53. The maximum atomic E-state index is 13.7. The van der Waals surface area contributed by atoms with Crippen molar-refractivity contribution in [3.05, 3.63) is 59.7 Å². The number of aromatic carboxylic acids is 1. The highest BCUT2D eigenvalue weighted by Crippen LogP contribution is 2.21. The molecule has 1 aromatic heterocycles. The number of halogens is 1. The van der Waals surface area contributed by atoms with Crippen LogP contribution in [0.4, 0.5) is 4.39 Å². The van der Waals surface area contributed by atoms with Crippen molar-refractivity contribution in [2.45, 2.75) is 18.8 Å². The number of nitrogens with zero attached hydrogens (tertiary/aromatic N) is 2. The zero-order valence-electron chi connectivity index (χ0n) is 12.8. The number of rotatable bonds is 5. The van der Waals surface area contributed by atoms with Crippen molar-refractivity contribution in [2.24, 2.45) is 0 Å². The molecule has 6 nitrogen and oxygen atoms in total. The summed E-state index contributed by atoms with van der Waals surface area (Å²) < 4.78 is 19.4. The van der Waals surface area contributed by atoms with Crippen molar-refractivity contribution in [1.82, 2.24) is 9.88 Å². The van der Waals surface area contributed by atoms with E-state index in [1.165, 1.54) is 30.5 Å². The third kappa shape index (κ3) is 3.69. The molecule has 0 amide bonds. The first-order valence-electron chi connectivity index (χ1n) is 7.53. The van der Waals surface area contributed by atoms with Crippen LogP contribution in [0.3, 0.4) is 0 Å². The third-order valence-electron chi connectivity index (χ3n) is 3.91. The average Bonchev–Trinajstić information content (AvgIpc) is 2.90. The van der Waals surface area contributed by atoms with Gasteiger partial charge in [-0.15, -0.1) is 0 Å². The van der Waals surface area contributed by atoms with Gasteiger partial charge in [0.05, 0.1) is 11.3 Å². The summed E-state index contributed by atoms with van der Waals surface area (Å²) in [5, 5.41) is 19.0. The quantitative estimate of drug-likeness (QED) is 0.864. The first-order chi connectivity index (χ1) is 11.5. The molecule has 0 aliphatic carbocycles. The summed E-state index contributed by atoms with van der Waals surface area (Å²) in [6.07, 6.45) is 0.353. The van der Waals surface area contributed by atoms with Crippen LogP contribution >= 0.6 is 0 Å². The third-order valence-corrected chi connectivity index (χ3v) is 3.91. The molecule has 0 spiro atoms. The summed E-state index contributed by atoms with van der Waals surface area (Å²) in [6, 6.07) is 8.88. The van der Waals surface area contributed by atoms with Gasteiger partial charge in [0.2, 0.25) is 0 Å². The summed E-state index contributed by atoms with van der Waals surface area (Å²) in [6.45, 7) is 1.08. The largest absolute Gasteiger partial charge is 0.486 e. The molecular formula is C17H17FN2O4. The highest BCUT2D eigenvalue weighted by Gasteiger charge is 2.33. The lowest BCUT2D eigenvalue weighted by Crippen LogP contribution is -2.30. The van der Waals surface area contributed by atoms with Crippen molar-refractivity contribution in [1.29, 1.82) is 0 Å². The van der Waals surface area contributed by atoms with Gasteiger partial charge in [-0.1, -0.05) is 0 Å². The van der Waals surface area contributed by atoms with Crippen LogP contribution in [0.1, 0.15) is 16.1 Å². The maximum absolute atomic E-state index is 13.7. The number of carbonyl (C=O) groups is 1. The van der Waals surface area contributed by atoms with E-state index in [-0.39, 0.29) is 11.4 Å². The minimum atomic E-state index is -1.01. The number of pyridine rings is 1. The topological polar surface area (TPSA) is 82.9 Å². The molecule has 0 bridgehead atoms. The monoisotopic (exact) mass is 332 g/mol. The fourth-order valence-corrected chi connectivity index (χ4v) is 2.68. The zero-order valence-corrected chi connectivity index (χ0v) is 12.8. The fourth-order valence-electron chi connectivity index (χ4n) is 2.68. The number of benzene rings is 1. The summed E-state index contributed by atoms with van der Waals surface area (Å²) in [7, 11) is 0. The van der Waals surface area contributed by atoms with Crippen LogP contribution < -0.4 is 4.74 Å². The van der Waals surface area contributed by atoms with Crippen LogP contribution in [-0.2, 0) is 6.54 Å². The standard InChI is InChI=1S/C17H17FN2O4/c18-13-2-1-7-19-14(13)8-20-9-15(21)16(10-20)24-12-5-3-11(4-6-12)17(22)23/h1-7,15-16,21H,8-10H2,(H,22,23)/t15-,16-/m1/s1. The summed E-state index contributed by atoms with van der Waals surface area (Å²) in [4.78, 5) is 16.7. The Morgan fingerprint density at radius 1 is 1.29 bits per heavy atom. The summed E-state index contributed by atoms with van der Waals surface area (Å²) >= 11 is 0. The number of aliphatic hydroxyl groups is 1. The smallest absolute Gasteiger partial charge is 0.335 e. The molecule has 2 N–H and O–H groups in total. The number of carboxylic acids is 1. The van der Waals surface area contributed by atoms with E-state index in [4.69, 9.17) is 9.84 Å². The lowest BCUT2D eigenvalue weighted by molar-refractivity contribution is 0.0693. The Balaban J connectivity index is 1.61. The molecule has 1 aliphatic heterocycles. The van der Waals surface area contributed by atoms with Gasteiger partial charge < -0.3 is 14.9 Å². The normalized spacial score (nSPS) is 20.9. The predicted octanol–water partition coefficient (Wildman–Crippen LogP) is 1.54. The Hall–Kier alpha value is -2.51. The predicted molar refractivity (Wildman–Crippen MR) is 83.3 cm³/mol. The van der Waals surface area contributed by atoms with Crippen molar-refractivity contribution in [3.8, 4) is 5.75 Å². The number of aliphatic hydroxyl groups excluding tert-OH is 1. The SMILES string of the molecule is O=C(O)c1ccc(O[C@@H]2CN(Cc3ncccc3F)C[C@H]2O)cc1. The van der Waals surface area contributed by atoms with E-state index >= 15 is 0 Å². The van der Waals surface area contributed by atoms with Crippen LogP contribution in [0.2, 0.25) is 0 Å². The van der Waals surface area contributed by atoms with E-state index in [0.717, 1.165) is 0 Å². The molecule has 0 saturated carbocycles. The molecule has 3 rings (SSSR count). The van der Waals surface area contributed by atoms with Crippen LogP contribution in [0.25, 0.3) is 0 Å². The Kier molecular flexibility index (Phi) is 4.73. The number of carboxylic acid groups (broad SMARTS) is 1. The van der Waals surface area contributed by atoms with Gasteiger partial charge in [0.15, 0.2) is 0 Å². The van der Waals surface area contributed by atoms with Gasteiger partial charge in [-0.2, -0.15) is 0 Å². The lowest BCUT2D eigenvalue weighted by atomic mass is 10.2. The van der Waals surface area contributed by atoms with E-state index < -0.39 is 18.2 Å². The number of hydrogen-bond acceptors (Lipinski definition) is 5. The molecule has 0 radical (unpaired) electrons. The van der Waals surface area contributed by atoms with Crippen LogP contribution in [0.5, 0.6) is 5.75 Å². The number of ether oxygens (including phenoxy) is 1. The molecular weight excluding hydrogens is 315 g/mol. The number of aromatic nitrogens is 1. The summed E-state index contributed by atoms with van der Waals surface area (Å²) in [5.74, 6) is -0.901. The van der Waals surface area contributed by atoms with Crippen LogP contribution in [0.15, 0.2) is 42.6 Å². The fraction of sp³-hybridized carbons (Fsp3) is 0.294. The highest BCUT2D eigenvalue weighted by atomic mass is 19.1. The Morgan fingerprint density at radius 2 is 2.04 bits per heavy atom. The average molecular weight is 332 g/mol. The number of hydrogen-bond donors (Lipinski definition) is 2. The zero-order chi connectivity index (χ0) is 17.1. The van der Waals surface area contributed by atoms with Crippen molar-refractivity contribution >= 4 is 5.97 Å². The molecule has 126 valence electrons. The minimum absolute atomic E-state index is 0.168. The maximum Gasteiger partial charge on any atom is 0.335 e. The Morgan fingerprint density at radius 3 is 2.71 bits per heavy atom.